The topological polar surface area (TPSA) is 76.1 Å². The number of carboxylic acids is 1. The van der Waals surface area contributed by atoms with Crippen molar-refractivity contribution in [3.05, 3.63) is 0 Å². The van der Waals surface area contributed by atoms with Crippen molar-refractivity contribution in [3.63, 3.8) is 0 Å². The summed E-state index contributed by atoms with van der Waals surface area (Å²) >= 11 is 0. The second-order valence-corrected chi connectivity index (χ2v) is 5.79. The maximum Gasteiger partial charge on any atom is 0.323 e. The summed E-state index contributed by atoms with van der Waals surface area (Å²) in [6.45, 7) is 1.76. The number of carbonyl (C=O) groups excluding carboxylic acids is 1. The number of hydrogen-bond donors (Lipinski definition) is 1. The third-order valence-electron chi connectivity index (χ3n) is 4.21. The van der Waals surface area contributed by atoms with Crippen molar-refractivity contribution in [2.75, 3.05) is 26.4 Å². The van der Waals surface area contributed by atoms with Gasteiger partial charge in [0.05, 0.1) is 6.10 Å². The third-order valence-corrected chi connectivity index (χ3v) is 4.21. The summed E-state index contributed by atoms with van der Waals surface area (Å²) in [5.41, 5.74) is 0. The molecule has 1 amide bonds. The van der Waals surface area contributed by atoms with E-state index in [-0.39, 0.29) is 24.6 Å². The van der Waals surface area contributed by atoms with E-state index in [9.17, 15) is 9.59 Å². The molecule has 0 aliphatic carbocycles. The number of hydrogen-bond acceptors (Lipinski definition) is 4. The largest absolute Gasteiger partial charge is 0.480 e. The normalized spacial score (nSPS) is 23.7. The van der Waals surface area contributed by atoms with E-state index in [1.807, 2.05) is 0 Å². The average molecular weight is 299 g/mol. The minimum Gasteiger partial charge on any atom is -0.480 e. The highest BCUT2D eigenvalue weighted by Gasteiger charge is 2.28. The van der Waals surface area contributed by atoms with Crippen molar-refractivity contribution in [3.8, 4) is 0 Å². The predicted molar refractivity (Wildman–Crippen MR) is 76.0 cm³/mol. The van der Waals surface area contributed by atoms with E-state index in [0.29, 0.717) is 26.1 Å². The number of amides is 1. The molecule has 2 saturated heterocycles. The lowest BCUT2D eigenvalue weighted by Crippen LogP contribution is -2.46. The third kappa shape index (κ3) is 5.28. The molecule has 1 atom stereocenters. The van der Waals surface area contributed by atoms with E-state index >= 15 is 0 Å². The molecule has 0 unspecified atom stereocenters. The number of ether oxygens (including phenoxy) is 2. The number of carbonyl (C=O) groups is 2. The zero-order valence-corrected chi connectivity index (χ0v) is 12.5. The van der Waals surface area contributed by atoms with Gasteiger partial charge in [0.2, 0.25) is 5.91 Å². The van der Waals surface area contributed by atoms with Gasteiger partial charge < -0.3 is 19.5 Å². The second-order valence-electron chi connectivity index (χ2n) is 5.79. The van der Waals surface area contributed by atoms with E-state index in [0.717, 1.165) is 38.7 Å². The van der Waals surface area contributed by atoms with Crippen molar-refractivity contribution in [2.24, 2.45) is 0 Å². The monoisotopic (exact) mass is 299 g/mol. The van der Waals surface area contributed by atoms with Gasteiger partial charge in [-0.1, -0.05) is 0 Å². The minimum atomic E-state index is -0.955. The molecule has 0 radical (unpaired) electrons. The van der Waals surface area contributed by atoms with Gasteiger partial charge in [-0.25, -0.2) is 0 Å². The van der Waals surface area contributed by atoms with Gasteiger partial charge in [-0.15, -0.1) is 0 Å². The lowest BCUT2D eigenvalue weighted by Gasteiger charge is -2.33. The van der Waals surface area contributed by atoms with Crippen molar-refractivity contribution < 1.29 is 24.2 Å². The van der Waals surface area contributed by atoms with Crippen LogP contribution in [0, 0.1) is 0 Å². The Morgan fingerprint density at radius 1 is 1.10 bits per heavy atom. The first kappa shape index (κ1) is 16.2. The van der Waals surface area contributed by atoms with Gasteiger partial charge >= 0.3 is 5.97 Å². The molecule has 2 aliphatic heterocycles. The van der Waals surface area contributed by atoms with Crippen LogP contribution in [0.1, 0.15) is 44.9 Å². The van der Waals surface area contributed by atoms with Gasteiger partial charge in [0, 0.05) is 32.3 Å². The van der Waals surface area contributed by atoms with E-state index in [1.54, 1.807) is 0 Å². The van der Waals surface area contributed by atoms with Crippen LogP contribution in [0.5, 0.6) is 0 Å². The number of rotatable bonds is 6. The van der Waals surface area contributed by atoms with Gasteiger partial charge in [-0.2, -0.15) is 0 Å². The Bertz CT molecular complexity index is 348. The van der Waals surface area contributed by atoms with Crippen LogP contribution in [0.15, 0.2) is 0 Å². The van der Waals surface area contributed by atoms with Crippen LogP contribution >= 0.6 is 0 Å². The van der Waals surface area contributed by atoms with E-state index in [4.69, 9.17) is 14.6 Å². The summed E-state index contributed by atoms with van der Waals surface area (Å²) in [6, 6.07) is -0.00498. The van der Waals surface area contributed by atoms with Crippen molar-refractivity contribution in [1.29, 1.82) is 0 Å². The molecule has 1 N–H and O–H groups in total. The summed E-state index contributed by atoms with van der Waals surface area (Å²) in [7, 11) is 0. The maximum atomic E-state index is 12.4. The first-order valence-corrected chi connectivity index (χ1v) is 7.87. The molecule has 0 aromatic heterocycles. The molecule has 0 bridgehead atoms. The molecular formula is C15H25NO5. The molecule has 6 nitrogen and oxygen atoms in total. The SMILES string of the molecule is O=C(O)CN(C(=O)CC[C@H]1CCCCO1)C1CCOCC1. The highest BCUT2D eigenvalue weighted by Crippen LogP contribution is 2.20. The van der Waals surface area contributed by atoms with Crippen LogP contribution in [-0.2, 0) is 19.1 Å². The molecule has 2 rings (SSSR count). The Morgan fingerprint density at radius 2 is 1.86 bits per heavy atom. The van der Waals surface area contributed by atoms with Crippen LogP contribution in [0.2, 0.25) is 0 Å². The fourth-order valence-corrected chi connectivity index (χ4v) is 3.03. The van der Waals surface area contributed by atoms with Gasteiger partial charge in [0.25, 0.3) is 0 Å². The minimum absolute atomic E-state index is 0.00498. The summed E-state index contributed by atoms with van der Waals surface area (Å²) in [4.78, 5) is 24.9. The molecular weight excluding hydrogens is 274 g/mol. The molecule has 0 spiro atoms. The molecule has 0 saturated carbocycles. The summed E-state index contributed by atoms with van der Waals surface area (Å²) in [6.07, 6.45) is 5.91. The molecule has 2 heterocycles. The van der Waals surface area contributed by atoms with Crippen molar-refractivity contribution in [2.45, 2.75) is 57.1 Å². The van der Waals surface area contributed by atoms with Crippen molar-refractivity contribution in [1.82, 2.24) is 4.90 Å². The van der Waals surface area contributed by atoms with Crippen LogP contribution in [0.25, 0.3) is 0 Å². The smallest absolute Gasteiger partial charge is 0.323 e. The standard InChI is InChI=1S/C15H25NO5/c17-14(5-4-13-3-1-2-8-21-13)16(11-15(18)19)12-6-9-20-10-7-12/h12-13H,1-11H2,(H,18,19)/t13-/m1/s1. The van der Waals surface area contributed by atoms with Gasteiger partial charge in [0.1, 0.15) is 6.54 Å². The molecule has 0 aromatic rings. The quantitative estimate of drug-likeness (QED) is 0.803. The Kier molecular flexibility index (Phi) is 6.45. The molecule has 2 aliphatic rings. The zero-order chi connectivity index (χ0) is 15.1. The lowest BCUT2D eigenvalue weighted by atomic mass is 10.0. The van der Waals surface area contributed by atoms with Crippen LogP contribution in [0.3, 0.4) is 0 Å². The molecule has 2 fully saturated rings. The van der Waals surface area contributed by atoms with Gasteiger partial charge in [-0.05, 0) is 38.5 Å². The van der Waals surface area contributed by atoms with Crippen molar-refractivity contribution >= 4 is 11.9 Å². The highest BCUT2D eigenvalue weighted by atomic mass is 16.5. The Labute approximate surface area is 125 Å². The Morgan fingerprint density at radius 3 is 2.48 bits per heavy atom. The van der Waals surface area contributed by atoms with E-state index in [1.165, 1.54) is 4.90 Å². The summed E-state index contributed by atoms with van der Waals surface area (Å²) in [5, 5.41) is 9.03. The summed E-state index contributed by atoms with van der Waals surface area (Å²) < 4.78 is 10.9. The number of aliphatic carboxylic acids is 1. The zero-order valence-electron chi connectivity index (χ0n) is 12.5. The van der Waals surface area contributed by atoms with E-state index in [2.05, 4.69) is 0 Å². The first-order chi connectivity index (χ1) is 10.2. The first-order valence-electron chi connectivity index (χ1n) is 7.87. The summed E-state index contributed by atoms with van der Waals surface area (Å²) in [5.74, 6) is -1.03. The Balaban J connectivity index is 1.85. The molecule has 21 heavy (non-hydrogen) atoms. The van der Waals surface area contributed by atoms with Crippen LogP contribution < -0.4 is 0 Å². The molecule has 120 valence electrons. The average Bonchev–Trinajstić information content (AvgIpc) is 2.52. The van der Waals surface area contributed by atoms with Gasteiger partial charge in [0.15, 0.2) is 0 Å². The fourth-order valence-electron chi connectivity index (χ4n) is 3.03. The number of carboxylic acid groups (broad SMARTS) is 1. The Hall–Kier alpha value is -1.14. The molecule has 6 heteroatoms. The predicted octanol–water partition coefficient (Wildman–Crippen LogP) is 1.43. The lowest BCUT2D eigenvalue weighted by molar-refractivity contribution is -0.148. The van der Waals surface area contributed by atoms with Crippen LogP contribution in [-0.4, -0.2) is 60.4 Å². The second kappa shape index (κ2) is 8.34. The number of nitrogens with zero attached hydrogens (tertiary/aromatic N) is 1. The molecule has 0 aromatic carbocycles. The van der Waals surface area contributed by atoms with Crippen LogP contribution in [0.4, 0.5) is 0 Å². The highest BCUT2D eigenvalue weighted by molar-refractivity contribution is 5.81. The maximum absolute atomic E-state index is 12.4. The van der Waals surface area contributed by atoms with E-state index < -0.39 is 5.97 Å². The fraction of sp³-hybridized carbons (Fsp3) is 0.867. The van der Waals surface area contributed by atoms with Gasteiger partial charge in [-0.3, -0.25) is 9.59 Å².